The highest BCUT2D eigenvalue weighted by atomic mass is 79.9. The van der Waals surface area contributed by atoms with Crippen molar-refractivity contribution in [2.24, 2.45) is 0 Å². The van der Waals surface area contributed by atoms with Crippen molar-refractivity contribution in [1.82, 2.24) is 0 Å². The van der Waals surface area contributed by atoms with E-state index in [2.05, 4.69) is 37.2 Å². The molecule has 18 heavy (non-hydrogen) atoms. The van der Waals surface area contributed by atoms with E-state index in [0.29, 0.717) is 11.3 Å². The highest BCUT2D eigenvalue weighted by Gasteiger charge is 2.14. The minimum absolute atomic E-state index is 0.155. The first-order valence-corrected chi connectivity index (χ1v) is 7.50. The topological polar surface area (TPSA) is 55.1 Å². The van der Waals surface area contributed by atoms with Crippen molar-refractivity contribution >= 4 is 60.5 Å². The molecule has 0 spiro atoms. The van der Waals surface area contributed by atoms with Crippen LogP contribution in [0.2, 0.25) is 0 Å². The molecule has 0 aliphatic heterocycles. The Labute approximate surface area is 126 Å². The van der Waals surface area contributed by atoms with E-state index in [1.54, 1.807) is 6.07 Å². The van der Waals surface area contributed by atoms with Gasteiger partial charge < -0.3 is 11.1 Å². The van der Waals surface area contributed by atoms with Crippen molar-refractivity contribution < 1.29 is 4.79 Å². The Morgan fingerprint density at radius 2 is 2.11 bits per heavy atom. The van der Waals surface area contributed by atoms with E-state index < -0.39 is 0 Å². The molecule has 0 saturated carbocycles. The largest absolute Gasteiger partial charge is 0.398 e. The van der Waals surface area contributed by atoms with Gasteiger partial charge in [0.15, 0.2) is 0 Å². The lowest BCUT2D eigenvalue weighted by Gasteiger charge is -2.09. The van der Waals surface area contributed by atoms with E-state index in [9.17, 15) is 4.79 Å². The molecule has 94 valence electrons. The normalized spacial score (nSPS) is 10.4. The lowest BCUT2D eigenvalue weighted by molar-refractivity contribution is 0.102. The van der Waals surface area contributed by atoms with Crippen LogP contribution in [-0.2, 0) is 0 Å². The molecule has 0 aliphatic rings. The second-order valence-electron chi connectivity index (χ2n) is 3.71. The minimum atomic E-state index is -0.155. The van der Waals surface area contributed by atoms with Crippen LogP contribution in [0.25, 0.3) is 0 Å². The first-order valence-electron chi connectivity index (χ1n) is 5.10. The maximum Gasteiger partial charge on any atom is 0.257 e. The van der Waals surface area contributed by atoms with Crippen molar-refractivity contribution in [3.05, 3.63) is 43.0 Å². The second kappa shape index (κ2) is 5.42. The maximum absolute atomic E-state index is 12.1. The molecule has 0 aliphatic carbocycles. The van der Waals surface area contributed by atoms with Crippen molar-refractivity contribution in [3.63, 3.8) is 0 Å². The van der Waals surface area contributed by atoms with Gasteiger partial charge in [0.05, 0.1) is 13.1 Å². The minimum Gasteiger partial charge on any atom is -0.398 e. The first kappa shape index (κ1) is 13.6. The molecule has 1 aromatic carbocycles. The van der Waals surface area contributed by atoms with Gasteiger partial charge in [0.25, 0.3) is 5.91 Å². The number of nitrogens with two attached hydrogens (primary N) is 1. The van der Waals surface area contributed by atoms with Gasteiger partial charge in [-0.1, -0.05) is 6.07 Å². The lowest BCUT2D eigenvalue weighted by Crippen LogP contribution is -2.12. The number of nitrogens with one attached hydrogen (secondary N) is 1. The molecule has 0 unspecified atom stereocenters. The molecular weight excluding hydrogens is 380 g/mol. The van der Waals surface area contributed by atoms with Crippen molar-refractivity contribution in [3.8, 4) is 0 Å². The zero-order chi connectivity index (χ0) is 13.3. The van der Waals surface area contributed by atoms with E-state index in [0.717, 1.165) is 18.8 Å². The summed E-state index contributed by atoms with van der Waals surface area (Å²) in [5.74, 6) is -0.155. The maximum atomic E-state index is 12.1. The fraction of sp³-hybridized carbons (Fsp3) is 0.0833. The van der Waals surface area contributed by atoms with Crippen molar-refractivity contribution in [1.29, 1.82) is 0 Å². The van der Waals surface area contributed by atoms with Crippen LogP contribution in [0.3, 0.4) is 0 Å². The third kappa shape index (κ3) is 2.76. The van der Waals surface area contributed by atoms with Crippen LogP contribution in [0.4, 0.5) is 11.4 Å². The highest BCUT2D eigenvalue weighted by Crippen LogP contribution is 2.32. The Morgan fingerprint density at radius 3 is 2.72 bits per heavy atom. The molecule has 0 radical (unpaired) electrons. The summed E-state index contributed by atoms with van der Waals surface area (Å²) in [5.41, 5.74) is 8.68. The Hall–Kier alpha value is -0.850. The molecule has 3 N–H and O–H groups in total. The van der Waals surface area contributed by atoms with Crippen molar-refractivity contribution in [2.45, 2.75) is 6.92 Å². The average molecular weight is 390 g/mol. The molecule has 6 heteroatoms. The predicted molar refractivity (Wildman–Crippen MR) is 83.3 cm³/mol. The number of nitrogen functional groups attached to an aromatic ring is 1. The van der Waals surface area contributed by atoms with Crippen molar-refractivity contribution in [2.75, 3.05) is 11.1 Å². The van der Waals surface area contributed by atoms with E-state index in [1.807, 2.05) is 25.1 Å². The van der Waals surface area contributed by atoms with Gasteiger partial charge in [0.2, 0.25) is 0 Å². The summed E-state index contributed by atoms with van der Waals surface area (Å²) in [6, 6.07) is 7.24. The number of carbonyl (C=O) groups excluding carboxylic acids is 1. The highest BCUT2D eigenvalue weighted by molar-refractivity contribution is 9.12. The third-order valence-corrected chi connectivity index (χ3v) is 4.86. The number of benzene rings is 1. The van der Waals surface area contributed by atoms with Gasteiger partial charge in [-0.25, -0.2) is 0 Å². The summed E-state index contributed by atoms with van der Waals surface area (Å²) in [4.78, 5) is 12.1. The fourth-order valence-corrected chi connectivity index (χ4v) is 4.27. The van der Waals surface area contributed by atoms with Crippen LogP contribution in [0.5, 0.6) is 0 Å². The van der Waals surface area contributed by atoms with Crippen LogP contribution in [-0.4, -0.2) is 5.91 Å². The fourth-order valence-electron chi connectivity index (χ4n) is 1.47. The molecule has 1 amide bonds. The average Bonchev–Trinajstić information content (AvgIpc) is 2.64. The Morgan fingerprint density at radius 1 is 1.39 bits per heavy atom. The van der Waals surface area contributed by atoms with Gasteiger partial charge in [-0.15, -0.1) is 11.3 Å². The van der Waals surface area contributed by atoms with Gasteiger partial charge in [-0.05, 0) is 62.5 Å². The quantitative estimate of drug-likeness (QED) is 0.747. The second-order valence-corrected chi connectivity index (χ2v) is 7.46. The molecule has 0 bridgehead atoms. The lowest BCUT2D eigenvalue weighted by atomic mass is 10.1. The van der Waals surface area contributed by atoms with Gasteiger partial charge in [-0.3, -0.25) is 4.79 Å². The number of rotatable bonds is 2. The van der Waals surface area contributed by atoms with E-state index in [4.69, 9.17) is 5.73 Å². The van der Waals surface area contributed by atoms with E-state index in [1.165, 1.54) is 11.3 Å². The molecule has 1 aromatic heterocycles. The summed E-state index contributed by atoms with van der Waals surface area (Å²) in [6.45, 7) is 1.88. The van der Waals surface area contributed by atoms with Crippen LogP contribution in [0.1, 0.15) is 15.9 Å². The van der Waals surface area contributed by atoms with Gasteiger partial charge in [0, 0.05) is 11.4 Å². The van der Waals surface area contributed by atoms with Gasteiger partial charge >= 0.3 is 0 Å². The zero-order valence-electron chi connectivity index (χ0n) is 9.46. The number of thiophene rings is 1. The molecule has 1 heterocycles. The third-order valence-electron chi connectivity index (χ3n) is 2.53. The molecule has 0 saturated heterocycles. The number of amides is 1. The summed E-state index contributed by atoms with van der Waals surface area (Å²) >= 11 is 8.18. The van der Waals surface area contributed by atoms with E-state index in [-0.39, 0.29) is 5.91 Å². The SMILES string of the molecule is Cc1c(N)cccc1NC(=O)c1cc(Br)sc1Br. The Bertz CT molecular complexity index is 610. The van der Waals surface area contributed by atoms with Crippen LogP contribution in [0.15, 0.2) is 31.8 Å². The van der Waals surface area contributed by atoms with Crippen LogP contribution < -0.4 is 11.1 Å². The van der Waals surface area contributed by atoms with E-state index >= 15 is 0 Å². The number of hydrogen-bond acceptors (Lipinski definition) is 3. The molecule has 2 rings (SSSR count). The summed E-state index contributed by atoms with van der Waals surface area (Å²) < 4.78 is 1.71. The van der Waals surface area contributed by atoms with Crippen LogP contribution in [0, 0.1) is 6.92 Å². The summed E-state index contributed by atoms with van der Waals surface area (Å²) in [5, 5.41) is 2.86. The predicted octanol–water partition coefficient (Wildman–Crippen LogP) is 4.42. The van der Waals surface area contributed by atoms with Crippen LogP contribution >= 0.6 is 43.2 Å². The van der Waals surface area contributed by atoms with Gasteiger partial charge in [0.1, 0.15) is 0 Å². The summed E-state index contributed by atoms with van der Waals surface area (Å²) in [7, 11) is 0. The Balaban J connectivity index is 2.27. The molecule has 2 aromatic rings. The summed E-state index contributed by atoms with van der Waals surface area (Å²) in [6.07, 6.45) is 0. The number of anilines is 2. The Kier molecular flexibility index (Phi) is 4.09. The van der Waals surface area contributed by atoms with Gasteiger partial charge in [-0.2, -0.15) is 0 Å². The molecule has 0 fully saturated rings. The monoisotopic (exact) mass is 388 g/mol. The first-order chi connectivity index (χ1) is 8.49. The zero-order valence-corrected chi connectivity index (χ0v) is 13.4. The molecule has 3 nitrogen and oxygen atoms in total. The number of halogens is 2. The number of carbonyl (C=O) groups is 1. The smallest absolute Gasteiger partial charge is 0.257 e. The standard InChI is InChI=1S/C12H10Br2N2OS/c1-6-8(15)3-2-4-9(6)16-12(17)7-5-10(13)18-11(7)14/h2-5H,15H2,1H3,(H,16,17). The molecule has 0 atom stereocenters. The number of hydrogen-bond donors (Lipinski definition) is 2. The molecular formula is C12H10Br2N2OS.